The fourth-order valence-corrected chi connectivity index (χ4v) is 2.91. The number of carbonyl (C=O) groups is 1. The van der Waals surface area contributed by atoms with Crippen molar-refractivity contribution < 1.29 is 4.79 Å². The Morgan fingerprint density at radius 3 is 3.07 bits per heavy atom. The molecule has 0 saturated heterocycles. The van der Waals surface area contributed by atoms with Crippen LogP contribution >= 0.6 is 0 Å². The Hall–Kier alpha value is -0.590. The molecule has 2 atom stereocenters. The van der Waals surface area contributed by atoms with E-state index in [1.165, 1.54) is 19.3 Å². The first-order valence-electron chi connectivity index (χ1n) is 5.93. The van der Waals surface area contributed by atoms with E-state index in [0.29, 0.717) is 11.7 Å². The number of ketones is 1. The van der Waals surface area contributed by atoms with Gasteiger partial charge < -0.3 is 0 Å². The van der Waals surface area contributed by atoms with Gasteiger partial charge in [0.05, 0.1) is 0 Å². The maximum Gasteiger partial charge on any atom is 0.139 e. The largest absolute Gasteiger partial charge is 0.299 e. The summed E-state index contributed by atoms with van der Waals surface area (Å²) in [5.41, 5.74) is -0.0187. The number of rotatable bonds is 0. The van der Waals surface area contributed by atoms with Gasteiger partial charge in [-0.1, -0.05) is 31.9 Å². The van der Waals surface area contributed by atoms with Crippen LogP contribution in [0.1, 0.15) is 51.9 Å². The van der Waals surface area contributed by atoms with Crippen LogP contribution in [0.3, 0.4) is 0 Å². The summed E-state index contributed by atoms with van der Waals surface area (Å²) in [5, 5.41) is 0. The average molecular weight is 192 g/mol. The Morgan fingerprint density at radius 2 is 2.21 bits per heavy atom. The van der Waals surface area contributed by atoms with Gasteiger partial charge in [0.25, 0.3) is 0 Å². The summed E-state index contributed by atoms with van der Waals surface area (Å²) in [5.74, 6) is 1.05. The minimum absolute atomic E-state index is 0.0187. The number of hydrogen-bond acceptors (Lipinski definition) is 1. The highest BCUT2D eigenvalue weighted by Gasteiger charge is 2.40. The van der Waals surface area contributed by atoms with Crippen molar-refractivity contribution in [3.05, 3.63) is 12.2 Å². The van der Waals surface area contributed by atoms with Crippen LogP contribution in [0.5, 0.6) is 0 Å². The quantitative estimate of drug-likeness (QED) is 0.537. The van der Waals surface area contributed by atoms with Crippen molar-refractivity contribution in [1.29, 1.82) is 0 Å². The topological polar surface area (TPSA) is 17.1 Å². The van der Waals surface area contributed by atoms with Crippen LogP contribution in [0, 0.1) is 11.3 Å². The molecule has 0 N–H and O–H groups in total. The van der Waals surface area contributed by atoms with Gasteiger partial charge in [0.2, 0.25) is 0 Å². The Balaban J connectivity index is 2.22. The van der Waals surface area contributed by atoms with Gasteiger partial charge in [-0.2, -0.15) is 0 Å². The van der Waals surface area contributed by atoms with Crippen LogP contribution < -0.4 is 0 Å². The summed E-state index contributed by atoms with van der Waals surface area (Å²) in [6.07, 6.45) is 12.4. The van der Waals surface area contributed by atoms with Gasteiger partial charge in [0, 0.05) is 11.8 Å². The van der Waals surface area contributed by atoms with E-state index in [2.05, 4.69) is 19.1 Å². The minimum atomic E-state index is -0.0187. The third kappa shape index (κ3) is 1.65. The Kier molecular flexibility index (Phi) is 2.76. The van der Waals surface area contributed by atoms with Crippen molar-refractivity contribution in [2.24, 2.45) is 11.3 Å². The molecule has 0 bridgehead atoms. The Morgan fingerprint density at radius 1 is 1.36 bits per heavy atom. The highest BCUT2D eigenvalue weighted by molar-refractivity contribution is 5.85. The summed E-state index contributed by atoms with van der Waals surface area (Å²) in [4.78, 5) is 12.1. The highest BCUT2D eigenvalue weighted by Crippen LogP contribution is 2.43. The van der Waals surface area contributed by atoms with E-state index >= 15 is 0 Å². The first-order valence-corrected chi connectivity index (χ1v) is 5.93. The molecule has 0 aromatic heterocycles. The lowest BCUT2D eigenvalue weighted by molar-refractivity contribution is -0.131. The van der Waals surface area contributed by atoms with Crippen molar-refractivity contribution in [3.8, 4) is 0 Å². The number of carbonyl (C=O) groups excluding carboxylic acids is 1. The molecule has 0 radical (unpaired) electrons. The fourth-order valence-electron chi connectivity index (χ4n) is 2.91. The molecule has 1 saturated carbocycles. The van der Waals surface area contributed by atoms with E-state index in [1.807, 2.05) is 0 Å². The SMILES string of the molecule is C[C@]12CCC=C[C@@H]1CCCCCC2=O. The molecule has 1 nitrogen and oxygen atoms in total. The smallest absolute Gasteiger partial charge is 0.139 e. The number of hydrogen-bond donors (Lipinski definition) is 0. The number of allylic oxidation sites excluding steroid dienone is 2. The van der Waals surface area contributed by atoms with Gasteiger partial charge in [0.1, 0.15) is 5.78 Å². The van der Waals surface area contributed by atoms with Crippen LogP contribution in [-0.4, -0.2) is 5.78 Å². The second kappa shape index (κ2) is 3.88. The first-order chi connectivity index (χ1) is 6.73. The third-order valence-corrected chi connectivity index (χ3v) is 4.07. The lowest BCUT2D eigenvalue weighted by Crippen LogP contribution is -2.37. The van der Waals surface area contributed by atoms with E-state index in [9.17, 15) is 4.79 Å². The van der Waals surface area contributed by atoms with Crippen molar-refractivity contribution in [2.45, 2.75) is 51.9 Å². The predicted octanol–water partition coefficient (Wildman–Crippen LogP) is 3.49. The zero-order valence-corrected chi connectivity index (χ0v) is 9.09. The molecule has 0 amide bonds. The summed E-state index contributed by atoms with van der Waals surface area (Å²) in [6.45, 7) is 2.19. The van der Waals surface area contributed by atoms with Crippen LogP contribution in [0.2, 0.25) is 0 Å². The molecule has 0 aromatic carbocycles. The van der Waals surface area contributed by atoms with Crippen molar-refractivity contribution in [2.75, 3.05) is 0 Å². The Labute approximate surface area is 86.6 Å². The molecule has 2 aliphatic rings. The van der Waals surface area contributed by atoms with Crippen LogP contribution in [0.15, 0.2) is 12.2 Å². The van der Waals surface area contributed by atoms with E-state index in [0.717, 1.165) is 25.7 Å². The van der Waals surface area contributed by atoms with Gasteiger partial charge in [0.15, 0.2) is 0 Å². The lowest BCUT2D eigenvalue weighted by Gasteiger charge is -2.38. The summed E-state index contributed by atoms with van der Waals surface area (Å²) in [6, 6.07) is 0. The van der Waals surface area contributed by atoms with Gasteiger partial charge >= 0.3 is 0 Å². The molecule has 0 heterocycles. The highest BCUT2D eigenvalue weighted by atomic mass is 16.1. The summed E-state index contributed by atoms with van der Waals surface area (Å²) in [7, 11) is 0. The average Bonchev–Trinajstić information content (AvgIpc) is 2.17. The standard InChI is InChI=1S/C13H20O/c1-13-10-6-5-8-11(13)7-3-2-4-9-12(13)14/h5,8,11H,2-4,6-7,9-10H2,1H3/t11-,13-/m0/s1. The van der Waals surface area contributed by atoms with Gasteiger partial charge in [-0.05, 0) is 31.6 Å². The zero-order chi connectivity index (χ0) is 10.0. The molecule has 14 heavy (non-hydrogen) atoms. The monoisotopic (exact) mass is 192 g/mol. The maximum absolute atomic E-state index is 12.1. The molecule has 1 fully saturated rings. The fraction of sp³-hybridized carbons (Fsp3) is 0.769. The second-order valence-electron chi connectivity index (χ2n) is 5.01. The number of Topliss-reactive ketones (excluding diaryl/α,β-unsaturated/α-hetero) is 1. The molecular weight excluding hydrogens is 172 g/mol. The normalized spacial score (nSPS) is 38.6. The van der Waals surface area contributed by atoms with Crippen LogP contribution in [0.25, 0.3) is 0 Å². The van der Waals surface area contributed by atoms with Crippen molar-refractivity contribution in [3.63, 3.8) is 0 Å². The zero-order valence-electron chi connectivity index (χ0n) is 9.09. The van der Waals surface area contributed by atoms with E-state index in [-0.39, 0.29) is 5.41 Å². The molecule has 0 aliphatic heterocycles. The summed E-state index contributed by atoms with van der Waals surface area (Å²) >= 11 is 0. The molecule has 2 aliphatic carbocycles. The molecule has 2 rings (SSSR count). The second-order valence-corrected chi connectivity index (χ2v) is 5.01. The van der Waals surface area contributed by atoms with Crippen LogP contribution in [0.4, 0.5) is 0 Å². The first kappa shape index (κ1) is 9.95. The van der Waals surface area contributed by atoms with Gasteiger partial charge in [-0.3, -0.25) is 4.79 Å². The molecule has 0 aromatic rings. The molecule has 1 heteroatoms. The van der Waals surface area contributed by atoms with E-state index < -0.39 is 0 Å². The summed E-state index contributed by atoms with van der Waals surface area (Å²) < 4.78 is 0. The van der Waals surface area contributed by atoms with Crippen LogP contribution in [-0.2, 0) is 4.79 Å². The molecule has 78 valence electrons. The Bertz CT molecular complexity index is 254. The maximum atomic E-state index is 12.1. The van der Waals surface area contributed by atoms with Crippen molar-refractivity contribution >= 4 is 5.78 Å². The van der Waals surface area contributed by atoms with E-state index in [4.69, 9.17) is 0 Å². The number of fused-ring (bicyclic) bond motifs is 1. The van der Waals surface area contributed by atoms with Gasteiger partial charge in [-0.25, -0.2) is 0 Å². The lowest BCUT2D eigenvalue weighted by atomic mass is 9.64. The molecule has 0 spiro atoms. The predicted molar refractivity (Wildman–Crippen MR) is 58.1 cm³/mol. The van der Waals surface area contributed by atoms with E-state index in [1.54, 1.807) is 0 Å². The van der Waals surface area contributed by atoms with Gasteiger partial charge in [-0.15, -0.1) is 0 Å². The molecular formula is C13H20O. The molecule has 0 unspecified atom stereocenters. The minimum Gasteiger partial charge on any atom is -0.299 e. The third-order valence-electron chi connectivity index (χ3n) is 4.07. The van der Waals surface area contributed by atoms with Crippen molar-refractivity contribution in [1.82, 2.24) is 0 Å².